The van der Waals surface area contributed by atoms with E-state index in [0.29, 0.717) is 6.54 Å². The van der Waals surface area contributed by atoms with Crippen LogP contribution in [-0.2, 0) is 0 Å². The summed E-state index contributed by atoms with van der Waals surface area (Å²) >= 11 is 0. The van der Waals surface area contributed by atoms with Crippen molar-refractivity contribution in [2.24, 2.45) is 16.8 Å². The van der Waals surface area contributed by atoms with E-state index in [1.54, 1.807) is 6.20 Å². The van der Waals surface area contributed by atoms with E-state index >= 15 is 0 Å². The smallest absolute Gasteiger partial charge is 0.150 e. The highest BCUT2D eigenvalue weighted by Crippen LogP contribution is 2.08. The fraction of sp³-hybridized carbons (Fsp3) is 0.444. The normalized spacial score (nSPS) is 13.6. The van der Waals surface area contributed by atoms with Crippen LogP contribution in [0.2, 0.25) is 0 Å². The first-order valence-electron chi connectivity index (χ1n) is 4.61. The third-order valence-electron chi connectivity index (χ3n) is 2.12. The van der Waals surface area contributed by atoms with Gasteiger partial charge in [0.25, 0.3) is 0 Å². The molecule has 0 spiro atoms. The molecule has 1 unspecified atom stereocenters. The Balaban J connectivity index is 2.60. The molecular formula is C9H15N5O. The monoisotopic (exact) mass is 209 g/mol. The molecule has 82 valence electrons. The number of aromatic nitrogens is 2. The molecule has 0 aliphatic carbocycles. The van der Waals surface area contributed by atoms with Crippen LogP contribution in [0.3, 0.4) is 0 Å². The summed E-state index contributed by atoms with van der Waals surface area (Å²) in [6.45, 7) is 2.50. The van der Waals surface area contributed by atoms with Gasteiger partial charge in [-0.2, -0.15) is 5.10 Å². The molecule has 3 N–H and O–H groups in total. The minimum atomic E-state index is -0.0398. The lowest BCUT2D eigenvalue weighted by molar-refractivity contribution is 0.314. The molecule has 0 saturated heterocycles. The lowest BCUT2D eigenvalue weighted by atomic mass is 10.1. The van der Waals surface area contributed by atoms with E-state index in [1.807, 2.05) is 31.0 Å². The van der Waals surface area contributed by atoms with Crippen LogP contribution in [0.15, 0.2) is 23.5 Å². The van der Waals surface area contributed by atoms with Crippen LogP contribution in [0.1, 0.15) is 6.92 Å². The quantitative estimate of drug-likeness (QED) is 0.322. The van der Waals surface area contributed by atoms with Crippen LogP contribution in [0.5, 0.6) is 0 Å². The van der Waals surface area contributed by atoms with Crippen LogP contribution in [0.25, 0.3) is 0 Å². The maximum Gasteiger partial charge on any atom is 0.150 e. The van der Waals surface area contributed by atoms with Crippen molar-refractivity contribution in [2.45, 2.75) is 6.92 Å². The van der Waals surface area contributed by atoms with E-state index < -0.39 is 0 Å². The summed E-state index contributed by atoms with van der Waals surface area (Å²) < 4.78 is 0. The summed E-state index contributed by atoms with van der Waals surface area (Å²) in [6, 6.07) is 3.67. The van der Waals surface area contributed by atoms with E-state index in [-0.39, 0.29) is 11.8 Å². The van der Waals surface area contributed by atoms with E-state index in [2.05, 4.69) is 15.4 Å². The number of anilines is 1. The molecule has 0 bridgehead atoms. The summed E-state index contributed by atoms with van der Waals surface area (Å²) in [5.74, 6) is 0.933. The van der Waals surface area contributed by atoms with Gasteiger partial charge in [0.1, 0.15) is 5.84 Å². The molecule has 1 heterocycles. The summed E-state index contributed by atoms with van der Waals surface area (Å²) in [7, 11) is 1.88. The maximum atomic E-state index is 8.51. The molecule has 0 aromatic carbocycles. The summed E-state index contributed by atoms with van der Waals surface area (Å²) in [4.78, 5) is 1.90. The zero-order chi connectivity index (χ0) is 11.3. The molecule has 6 nitrogen and oxygen atoms in total. The lowest BCUT2D eigenvalue weighted by Gasteiger charge is -2.20. The number of rotatable bonds is 4. The largest absolute Gasteiger partial charge is 0.409 e. The van der Waals surface area contributed by atoms with Crippen molar-refractivity contribution in [3.63, 3.8) is 0 Å². The number of hydrogen-bond acceptors (Lipinski definition) is 5. The van der Waals surface area contributed by atoms with Gasteiger partial charge in [-0.3, -0.25) is 0 Å². The Morgan fingerprint density at radius 1 is 1.73 bits per heavy atom. The zero-order valence-corrected chi connectivity index (χ0v) is 8.83. The third-order valence-corrected chi connectivity index (χ3v) is 2.12. The van der Waals surface area contributed by atoms with Gasteiger partial charge in [0.2, 0.25) is 0 Å². The number of nitrogens with zero attached hydrogens (tertiary/aromatic N) is 4. The molecule has 0 fully saturated rings. The van der Waals surface area contributed by atoms with E-state index in [1.165, 1.54) is 0 Å². The number of oxime groups is 1. The standard InChI is InChI=1S/C9H15N5O/c1-7(9(10)13-15)6-14(2)8-4-3-5-11-12-8/h3-5,7,15H,6H2,1-2H3,(H2,10,13). The highest BCUT2D eigenvalue weighted by molar-refractivity contribution is 5.82. The predicted octanol–water partition coefficient (Wildman–Crippen LogP) is 0.295. The Labute approximate surface area is 88.4 Å². The average Bonchev–Trinajstić information content (AvgIpc) is 2.29. The third kappa shape index (κ3) is 3.08. The van der Waals surface area contributed by atoms with E-state index in [0.717, 1.165) is 5.82 Å². The fourth-order valence-corrected chi connectivity index (χ4v) is 1.19. The van der Waals surface area contributed by atoms with Gasteiger partial charge in [0.15, 0.2) is 5.82 Å². The van der Waals surface area contributed by atoms with Gasteiger partial charge < -0.3 is 15.8 Å². The van der Waals surface area contributed by atoms with Crippen molar-refractivity contribution in [1.29, 1.82) is 0 Å². The van der Waals surface area contributed by atoms with Crippen molar-refractivity contribution in [3.8, 4) is 0 Å². The summed E-state index contributed by atoms with van der Waals surface area (Å²) in [5.41, 5.74) is 5.48. The average molecular weight is 209 g/mol. The molecule has 1 aromatic rings. The number of amidine groups is 1. The number of nitrogens with two attached hydrogens (primary N) is 1. The summed E-state index contributed by atoms with van der Waals surface area (Å²) in [5, 5.41) is 19.2. The van der Waals surface area contributed by atoms with Crippen LogP contribution in [0, 0.1) is 5.92 Å². The van der Waals surface area contributed by atoms with E-state index in [4.69, 9.17) is 10.9 Å². The first-order valence-corrected chi connectivity index (χ1v) is 4.61. The van der Waals surface area contributed by atoms with Crippen molar-refractivity contribution < 1.29 is 5.21 Å². The van der Waals surface area contributed by atoms with Crippen molar-refractivity contribution >= 4 is 11.7 Å². The second kappa shape index (κ2) is 5.14. The molecule has 15 heavy (non-hydrogen) atoms. The molecule has 6 heteroatoms. The van der Waals surface area contributed by atoms with Crippen LogP contribution < -0.4 is 10.6 Å². The molecule has 1 atom stereocenters. The van der Waals surface area contributed by atoms with Crippen molar-refractivity contribution in [1.82, 2.24) is 10.2 Å². The zero-order valence-electron chi connectivity index (χ0n) is 8.83. The molecule has 0 aliphatic heterocycles. The topological polar surface area (TPSA) is 87.6 Å². The van der Waals surface area contributed by atoms with Gasteiger partial charge in [0.05, 0.1) is 0 Å². The predicted molar refractivity (Wildman–Crippen MR) is 57.9 cm³/mol. The van der Waals surface area contributed by atoms with Gasteiger partial charge in [-0.15, -0.1) is 5.10 Å². The summed E-state index contributed by atoms with van der Waals surface area (Å²) in [6.07, 6.45) is 1.62. The van der Waals surface area contributed by atoms with E-state index in [9.17, 15) is 0 Å². The maximum absolute atomic E-state index is 8.51. The SMILES string of the molecule is CC(CN(C)c1cccnn1)C(N)=NO. The van der Waals surface area contributed by atoms with Gasteiger partial charge in [-0.25, -0.2) is 0 Å². The first kappa shape index (κ1) is 11.2. The lowest BCUT2D eigenvalue weighted by Crippen LogP contribution is -2.33. The highest BCUT2D eigenvalue weighted by atomic mass is 16.4. The second-order valence-corrected chi connectivity index (χ2v) is 3.39. The van der Waals surface area contributed by atoms with Crippen LogP contribution in [0.4, 0.5) is 5.82 Å². The van der Waals surface area contributed by atoms with Crippen LogP contribution >= 0.6 is 0 Å². The molecule has 1 aromatic heterocycles. The molecule has 0 amide bonds. The molecule has 0 saturated carbocycles. The molecule has 1 rings (SSSR count). The first-order chi connectivity index (χ1) is 7.15. The molecule has 0 radical (unpaired) electrons. The van der Waals surface area contributed by atoms with Gasteiger partial charge in [0, 0.05) is 25.7 Å². The van der Waals surface area contributed by atoms with Crippen molar-refractivity contribution in [3.05, 3.63) is 18.3 Å². The Hall–Kier alpha value is -1.85. The minimum Gasteiger partial charge on any atom is -0.409 e. The van der Waals surface area contributed by atoms with Gasteiger partial charge in [-0.05, 0) is 12.1 Å². The molecular weight excluding hydrogens is 194 g/mol. The second-order valence-electron chi connectivity index (χ2n) is 3.39. The Morgan fingerprint density at radius 3 is 3.00 bits per heavy atom. The van der Waals surface area contributed by atoms with Crippen molar-refractivity contribution in [2.75, 3.05) is 18.5 Å². The van der Waals surface area contributed by atoms with Gasteiger partial charge in [-0.1, -0.05) is 12.1 Å². The highest BCUT2D eigenvalue weighted by Gasteiger charge is 2.11. The Morgan fingerprint density at radius 2 is 2.47 bits per heavy atom. The number of hydrogen-bond donors (Lipinski definition) is 2. The van der Waals surface area contributed by atoms with Crippen LogP contribution in [-0.4, -0.2) is 34.8 Å². The Kier molecular flexibility index (Phi) is 3.84. The van der Waals surface area contributed by atoms with Gasteiger partial charge >= 0.3 is 0 Å². The molecule has 0 aliphatic rings. The minimum absolute atomic E-state index is 0.0398. The fourth-order valence-electron chi connectivity index (χ4n) is 1.19. The Bertz CT molecular complexity index is 327.